The van der Waals surface area contributed by atoms with Crippen molar-refractivity contribution in [1.82, 2.24) is 24.8 Å². The molecule has 3 aromatic rings. The second-order valence-corrected chi connectivity index (χ2v) is 6.93. The normalized spacial score (nSPS) is 11.8. The molecule has 9 heteroatoms. The molecule has 2 N–H and O–H groups in total. The fourth-order valence-electron chi connectivity index (χ4n) is 2.15. The molecule has 126 valence electrons. The van der Waals surface area contributed by atoms with E-state index in [0.717, 1.165) is 11.1 Å². The lowest BCUT2D eigenvalue weighted by Crippen LogP contribution is -2.23. The lowest BCUT2D eigenvalue weighted by atomic mass is 10.1. The van der Waals surface area contributed by atoms with Gasteiger partial charge in [0.05, 0.1) is 12.7 Å². The smallest absolute Gasteiger partial charge is 0.258 e. The molecule has 0 unspecified atom stereocenters. The van der Waals surface area contributed by atoms with Crippen LogP contribution in [0.1, 0.15) is 24.2 Å². The highest BCUT2D eigenvalue weighted by Gasteiger charge is 2.18. The summed E-state index contributed by atoms with van der Waals surface area (Å²) in [6.45, 7) is 3.73. The molecule has 1 aromatic carbocycles. The highest BCUT2D eigenvalue weighted by atomic mass is 32.2. The number of sulfonamides is 1. The quantitative estimate of drug-likeness (QED) is 0.703. The average Bonchev–Trinajstić information content (AvgIpc) is 3.23. The summed E-state index contributed by atoms with van der Waals surface area (Å²) in [5.41, 5.74) is 1.85. The lowest BCUT2D eigenvalue weighted by Gasteiger charge is -2.01. The van der Waals surface area contributed by atoms with Crippen LogP contribution in [0, 0.1) is 6.92 Å². The number of benzene rings is 1. The summed E-state index contributed by atoms with van der Waals surface area (Å²) in [6.07, 6.45) is 1.91. The standard InChI is InChI=1S/C15H17N5O3S/c1-3-12-16-9-14(18-12)24(21,22)17-8-13-19-15(20-23-13)11-7-5-4-6-10(11)2/h4-7,9,17H,3,8H2,1-2H3,(H,16,18). The van der Waals surface area contributed by atoms with Gasteiger partial charge in [0.25, 0.3) is 10.0 Å². The number of aromatic amines is 1. The average molecular weight is 347 g/mol. The topological polar surface area (TPSA) is 114 Å². The van der Waals surface area contributed by atoms with Gasteiger partial charge in [-0.1, -0.05) is 36.3 Å². The van der Waals surface area contributed by atoms with Crippen LogP contribution in [0.3, 0.4) is 0 Å². The van der Waals surface area contributed by atoms with Crippen molar-refractivity contribution in [3.63, 3.8) is 0 Å². The van der Waals surface area contributed by atoms with E-state index in [1.807, 2.05) is 38.1 Å². The van der Waals surface area contributed by atoms with Gasteiger partial charge in [-0.2, -0.15) is 4.98 Å². The summed E-state index contributed by atoms with van der Waals surface area (Å²) in [7, 11) is -3.71. The maximum absolute atomic E-state index is 12.2. The molecule has 0 aliphatic heterocycles. The first-order valence-electron chi connectivity index (χ1n) is 7.41. The van der Waals surface area contributed by atoms with Crippen LogP contribution in [0.25, 0.3) is 11.4 Å². The number of nitrogens with one attached hydrogen (secondary N) is 2. The number of hydrogen-bond donors (Lipinski definition) is 2. The Morgan fingerprint density at radius 2 is 2.08 bits per heavy atom. The second-order valence-electron chi connectivity index (χ2n) is 5.20. The van der Waals surface area contributed by atoms with Crippen molar-refractivity contribution in [2.75, 3.05) is 0 Å². The van der Waals surface area contributed by atoms with Gasteiger partial charge < -0.3 is 9.51 Å². The highest BCUT2D eigenvalue weighted by molar-refractivity contribution is 7.89. The Hall–Kier alpha value is -2.52. The Labute approximate surface area is 139 Å². The maximum atomic E-state index is 12.2. The van der Waals surface area contributed by atoms with Crippen LogP contribution in [0.4, 0.5) is 0 Å². The minimum absolute atomic E-state index is 0.0120. The van der Waals surface area contributed by atoms with Crippen molar-refractivity contribution in [2.45, 2.75) is 31.8 Å². The molecule has 0 aliphatic carbocycles. The monoisotopic (exact) mass is 347 g/mol. The predicted molar refractivity (Wildman–Crippen MR) is 86.5 cm³/mol. The van der Waals surface area contributed by atoms with Gasteiger partial charge in [-0.3, -0.25) is 0 Å². The molecular formula is C15H17N5O3S. The Morgan fingerprint density at radius 1 is 1.29 bits per heavy atom. The summed E-state index contributed by atoms with van der Waals surface area (Å²) >= 11 is 0. The van der Waals surface area contributed by atoms with Gasteiger partial charge in [-0.15, -0.1) is 0 Å². The van der Waals surface area contributed by atoms with Crippen LogP contribution >= 0.6 is 0 Å². The number of nitrogens with zero attached hydrogens (tertiary/aromatic N) is 3. The van der Waals surface area contributed by atoms with Crippen molar-refractivity contribution >= 4 is 10.0 Å². The van der Waals surface area contributed by atoms with Crippen LogP contribution in [0.15, 0.2) is 40.0 Å². The van der Waals surface area contributed by atoms with Gasteiger partial charge >= 0.3 is 0 Å². The molecule has 0 saturated heterocycles. The fourth-order valence-corrected chi connectivity index (χ4v) is 3.07. The number of H-pyrrole nitrogens is 1. The van der Waals surface area contributed by atoms with E-state index in [1.54, 1.807) is 0 Å². The zero-order valence-electron chi connectivity index (χ0n) is 13.3. The van der Waals surface area contributed by atoms with E-state index in [9.17, 15) is 8.42 Å². The first-order valence-corrected chi connectivity index (χ1v) is 8.90. The Kier molecular flexibility index (Phi) is 4.45. The molecule has 8 nitrogen and oxygen atoms in total. The second kappa shape index (κ2) is 6.54. The Balaban J connectivity index is 1.72. The molecular weight excluding hydrogens is 330 g/mol. The van der Waals surface area contributed by atoms with E-state index in [-0.39, 0.29) is 17.5 Å². The number of imidazole rings is 1. The van der Waals surface area contributed by atoms with Crippen LogP contribution in [-0.4, -0.2) is 28.5 Å². The summed E-state index contributed by atoms with van der Waals surface area (Å²) in [5, 5.41) is 3.91. The molecule has 2 heterocycles. The molecule has 3 rings (SSSR count). The first kappa shape index (κ1) is 16.3. The molecule has 0 spiro atoms. The minimum Gasteiger partial charge on any atom is -0.338 e. The number of rotatable bonds is 6. The van der Waals surface area contributed by atoms with Crippen molar-refractivity contribution in [3.05, 3.63) is 47.7 Å². The van der Waals surface area contributed by atoms with Gasteiger partial charge in [0, 0.05) is 12.0 Å². The molecule has 0 radical (unpaired) electrons. The van der Waals surface area contributed by atoms with Crippen LogP contribution in [0.2, 0.25) is 0 Å². The SMILES string of the molecule is CCc1ncc(S(=O)(=O)NCc2nc(-c3ccccc3C)no2)[nH]1. The minimum atomic E-state index is -3.71. The summed E-state index contributed by atoms with van der Waals surface area (Å²) < 4.78 is 31.9. The van der Waals surface area contributed by atoms with Gasteiger partial charge in [0.15, 0.2) is 5.03 Å². The zero-order valence-corrected chi connectivity index (χ0v) is 14.1. The summed E-state index contributed by atoms with van der Waals surface area (Å²) in [4.78, 5) is 11.0. The third kappa shape index (κ3) is 3.36. The third-order valence-corrected chi connectivity index (χ3v) is 4.81. The number of aromatic nitrogens is 4. The van der Waals surface area contributed by atoms with Gasteiger partial charge in [-0.05, 0) is 12.5 Å². The van der Waals surface area contributed by atoms with Crippen molar-refractivity contribution in [3.8, 4) is 11.4 Å². The van der Waals surface area contributed by atoms with E-state index in [1.165, 1.54) is 6.20 Å². The first-order chi connectivity index (χ1) is 11.5. The van der Waals surface area contributed by atoms with E-state index in [4.69, 9.17) is 4.52 Å². The Bertz CT molecular complexity index is 945. The molecule has 0 amide bonds. The van der Waals surface area contributed by atoms with Gasteiger partial charge in [0.1, 0.15) is 5.82 Å². The lowest BCUT2D eigenvalue weighted by molar-refractivity contribution is 0.376. The van der Waals surface area contributed by atoms with Gasteiger partial charge in [-0.25, -0.2) is 18.1 Å². The summed E-state index contributed by atoms with van der Waals surface area (Å²) in [6, 6.07) is 7.62. The molecule has 2 aromatic heterocycles. The van der Waals surface area contributed by atoms with Crippen LogP contribution in [0.5, 0.6) is 0 Å². The van der Waals surface area contributed by atoms with E-state index in [0.29, 0.717) is 18.1 Å². The van der Waals surface area contributed by atoms with Crippen LogP contribution in [-0.2, 0) is 23.0 Å². The molecule has 0 saturated carbocycles. The Morgan fingerprint density at radius 3 is 2.79 bits per heavy atom. The number of aryl methyl sites for hydroxylation is 2. The van der Waals surface area contributed by atoms with E-state index < -0.39 is 10.0 Å². The van der Waals surface area contributed by atoms with E-state index >= 15 is 0 Å². The molecule has 0 fully saturated rings. The maximum Gasteiger partial charge on any atom is 0.258 e. The van der Waals surface area contributed by atoms with Crippen molar-refractivity contribution in [2.24, 2.45) is 0 Å². The zero-order chi connectivity index (χ0) is 17.2. The van der Waals surface area contributed by atoms with Crippen molar-refractivity contribution < 1.29 is 12.9 Å². The highest BCUT2D eigenvalue weighted by Crippen LogP contribution is 2.19. The predicted octanol–water partition coefficient (Wildman–Crippen LogP) is 1.81. The molecule has 0 atom stereocenters. The van der Waals surface area contributed by atoms with Gasteiger partial charge in [0.2, 0.25) is 11.7 Å². The van der Waals surface area contributed by atoms with Crippen LogP contribution < -0.4 is 4.72 Å². The molecule has 0 aliphatic rings. The summed E-state index contributed by atoms with van der Waals surface area (Å²) in [5.74, 6) is 1.22. The fraction of sp³-hybridized carbons (Fsp3) is 0.267. The van der Waals surface area contributed by atoms with Crippen molar-refractivity contribution in [1.29, 1.82) is 0 Å². The molecule has 24 heavy (non-hydrogen) atoms. The third-order valence-electron chi connectivity index (χ3n) is 3.50. The molecule has 0 bridgehead atoms. The number of hydrogen-bond acceptors (Lipinski definition) is 6. The van der Waals surface area contributed by atoms with E-state index in [2.05, 4.69) is 24.8 Å². The largest absolute Gasteiger partial charge is 0.338 e.